The molecule has 1 aromatic heterocycles. The number of pyridine rings is 1. The van der Waals surface area contributed by atoms with Crippen molar-refractivity contribution >= 4 is 68.8 Å². The second kappa shape index (κ2) is 18.9. The number of aromatic nitrogens is 1. The second-order valence-corrected chi connectivity index (χ2v) is 26.8. The largest absolute Gasteiger partial charge is 0.457 e. The number of para-hydroxylation sites is 3. The van der Waals surface area contributed by atoms with E-state index in [0.717, 1.165) is 45.3 Å². The minimum atomic E-state index is -3.00. The van der Waals surface area contributed by atoms with Crippen LogP contribution in [0.2, 0.25) is 0 Å². The normalized spacial score (nSPS) is 16.7. The highest BCUT2D eigenvalue weighted by atomic mass is 28.3. The van der Waals surface area contributed by atoms with E-state index < -0.39 is 20.5 Å². The summed E-state index contributed by atoms with van der Waals surface area (Å²) in [5.74, 6) is 1.57. The first-order valence-electron chi connectivity index (χ1n) is 30.6. The predicted octanol–water partition coefficient (Wildman–Crippen LogP) is 16.4. The lowest BCUT2D eigenvalue weighted by Crippen LogP contribution is -2.75. The Labute approximate surface area is 472 Å². The molecule has 5 nitrogen and oxygen atoms in total. The molecule has 1 atom stereocenters. The molecule has 1 unspecified atom stereocenters. The Kier molecular flexibility index (Phi) is 10.1. The molecule has 3 aliphatic heterocycles. The first-order valence-corrected chi connectivity index (χ1v) is 29.1. The standard InChI is InChI=1S/C72H66N4OSi/c1-48(2)40-49-38-39-73-68(41-49)76-64-34-21-31-61-60-28-15-18-35-66(60)78(70(61)64,57-26-13-10-14-27-57)67-37-36-56(46-65(67)76)77-55-25-19-24-54(45-55)74-47-75(63-33-17-16-32-62(63)74)69-58(50-22-11-9-12-23-50)29-20-30-59(69)51-42-52(71(3,4)5)44-53(43-51)72(6,7)8/h9-39,41-46,48H,40,47H2,1-8H3/i9D,11D,12D,22D,23D,40D2. The molecule has 0 saturated heterocycles. The summed E-state index contributed by atoms with van der Waals surface area (Å²) in [4.78, 5) is 11.7. The Morgan fingerprint density at radius 3 is 1.92 bits per heavy atom. The van der Waals surface area contributed by atoms with Gasteiger partial charge in [0.15, 0.2) is 8.07 Å². The minimum absolute atomic E-state index is 0.138. The van der Waals surface area contributed by atoms with Crippen LogP contribution in [-0.2, 0) is 17.2 Å². The van der Waals surface area contributed by atoms with Gasteiger partial charge in [-0.1, -0.05) is 213 Å². The number of fused-ring (bicyclic) bond motifs is 6. The molecule has 0 fully saturated rings. The van der Waals surface area contributed by atoms with Crippen LogP contribution in [0.15, 0.2) is 224 Å². The lowest BCUT2D eigenvalue weighted by molar-refractivity contribution is 0.483. The average Bonchev–Trinajstić information content (AvgIpc) is 1.60. The maximum Gasteiger partial charge on any atom is 0.185 e. The fourth-order valence-corrected chi connectivity index (χ4v) is 17.6. The van der Waals surface area contributed by atoms with Crippen LogP contribution in [0.25, 0.3) is 33.4 Å². The summed E-state index contributed by atoms with van der Waals surface area (Å²) in [6.07, 6.45) is 0.117. The number of hydrogen-bond acceptors (Lipinski definition) is 5. The van der Waals surface area contributed by atoms with Crippen LogP contribution in [0.3, 0.4) is 0 Å². The van der Waals surface area contributed by atoms with Gasteiger partial charge < -0.3 is 14.5 Å². The van der Waals surface area contributed by atoms with Gasteiger partial charge in [-0.15, -0.1) is 0 Å². The summed E-state index contributed by atoms with van der Waals surface area (Å²) in [5, 5.41) is 5.05. The molecule has 13 rings (SSSR count). The van der Waals surface area contributed by atoms with E-state index in [0.29, 0.717) is 35.1 Å². The van der Waals surface area contributed by atoms with Crippen molar-refractivity contribution in [3.63, 3.8) is 0 Å². The van der Waals surface area contributed by atoms with Gasteiger partial charge in [-0.3, -0.25) is 4.90 Å². The highest BCUT2D eigenvalue weighted by Crippen LogP contribution is 2.52. The summed E-state index contributed by atoms with van der Waals surface area (Å²) in [5.41, 5.74) is 12.8. The van der Waals surface area contributed by atoms with Gasteiger partial charge in [0.1, 0.15) is 24.0 Å². The minimum Gasteiger partial charge on any atom is -0.457 e. The van der Waals surface area contributed by atoms with Crippen LogP contribution in [0.4, 0.5) is 39.9 Å². The molecule has 0 N–H and O–H groups in total. The van der Waals surface area contributed by atoms with Crippen molar-refractivity contribution in [2.75, 3.05) is 21.4 Å². The number of rotatable bonds is 10. The van der Waals surface area contributed by atoms with Crippen molar-refractivity contribution in [3.05, 3.63) is 241 Å². The van der Waals surface area contributed by atoms with Gasteiger partial charge in [0.2, 0.25) is 0 Å². The number of hydrogen-bond donors (Lipinski definition) is 0. The summed E-state index contributed by atoms with van der Waals surface area (Å²) in [7, 11) is -3.00. The van der Waals surface area contributed by atoms with E-state index in [2.05, 4.69) is 196 Å². The molecular formula is C72H66N4OSi. The number of anilines is 7. The van der Waals surface area contributed by atoms with Crippen molar-refractivity contribution in [3.8, 4) is 44.9 Å². The van der Waals surface area contributed by atoms with E-state index in [1.165, 1.54) is 43.0 Å². The topological polar surface area (TPSA) is 31.8 Å². The molecule has 3 aliphatic rings. The first-order chi connectivity index (χ1) is 40.6. The fourth-order valence-electron chi connectivity index (χ4n) is 12.1. The van der Waals surface area contributed by atoms with E-state index in [1.807, 2.05) is 56.3 Å². The SMILES string of the molecule is [2H]c1c([2H])c([2H])c(-c2cccc(-c3cc(C(C)(C)C)cc(C(C)(C)C)c3)c2N2CN(c3cccc(Oc4ccc5c(c4)N(c4cc(C([2H])([2H])C(C)C)ccn4)c4cccc6c4[Si]5(c4ccccc4)c4ccccc4-6)c3)c3ccccc32)c([2H])c1[2H]. The predicted molar refractivity (Wildman–Crippen MR) is 330 cm³/mol. The zero-order valence-electron chi connectivity index (χ0n) is 52.5. The molecule has 0 radical (unpaired) electrons. The Bertz CT molecular complexity index is 4280. The molecule has 384 valence electrons. The smallest absolute Gasteiger partial charge is 0.185 e. The second-order valence-electron chi connectivity index (χ2n) is 23.2. The molecule has 78 heavy (non-hydrogen) atoms. The molecular weight excluding hydrogens is 965 g/mol. The van der Waals surface area contributed by atoms with Crippen molar-refractivity contribution in [1.82, 2.24) is 4.98 Å². The summed E-state index contributed by atoms with van der Waals surface area (Å²) < 4.78 is 70.4. The van der Waals surface area contributed by atoms with Gasteiger partial charge in [-0.25, -0.2) is 4.98 Å². The van der Waals surface area contributed by atoms with Gasteiger partial charge in [0.25, 0.3) is 0 Å². The van der Waals surface area contributed by atoms with Gasteiger partial charge >= 0.3 is 0 Å². The number of nitrogens with zero attached hydrogens (tertiary/aromatic N) is 4. The van der Waals surface area contributed by atoms with E-state index in [-0.39, 0.29) is 46.5 Å². The molecule has 0 bridgehead atoms. The maximum absolute atomic E-state index is 9.33. The number of benzene rings is 9. The zero-order chi connectivity index (χ0) is 59.6. The molecule has 10 aromatic rings. The quantitative estimate of drug-likeness (QED) is 0.127. The Morgan fingerprint density at radius 1 is 0.551 bits per heavy atom. The van der Waals surface area contributed by atoms with Crippen molar-refractivity contribution in [1.29, 1.82) is 0 Å². The third kappa shape index (κ3) is 8.24. The Balaban J connectivity index is 0.952. The lowest BCUT2D eigenvalue weighted by Gasteiger charge is -2.43. The lowest BCUT2D eigenvalue weighted by atomic mass is 9.78. The molecule has 0 aliphatic carbocycles. The van der Waals surface area contributed by atoms with Crippen LogP contribution in [0.1, 0.15) is 81.7 Å². The van der Waals surface area contributed by atoms with Gasteiger partial charge in [-0.2, -0.15) is 0 Å². The van der Waals surface area contributed by atoms with Crippen molar-refractivity contribution in [2.45, 2.75) is 72.6 Å². The third-order valence-corrected chi connectivity index (χ3v) is 20.6. The first kappa shape index (κ1) is 41.7. The van der Waals surface area contributed by atoms with Crippen molar-refractivity contribution in [2.24, 2.45) is 5.92 Å². The van der Waals surface area contributed by atoms with E-state index in [4.69, 9.17) is 13.8 Å². The molecule has 0 amide bonds. The fraction of sp³-hybridized carbons (Fsp3) is 0.181. The van der Waals surface area contributed by atoms with E-state index in [1.54, 1.807) is 12.3 Å². The van der Waals surface area contributed by atoms with Gasteiger partial charge in [0.05, 0.1) is 29.6 Å². The van der Waals surface area contributed by atoms with Crippen molar-refractivity contribution < 1.29 is 14.3 Å². The van der Waals surface area contributed by atoms with Gasteiger partial charge in [0, 0.05) is 43.6 Å². The Hall–Kier alpha value is -8.45. The van der Waals surface area contributed by atoms with Crippen LogP contribution in [0, 0.1) is 5.92 Å². The van der Waals surface area contributed by atoms with Crippen LogP contribution in [-0.4, -0.2) is 19.7 Å². The highest BCUT2D eigenvalue weighted by molar-refractivity contribution is 7.23. The monoisotopic (exact) mass is 1040 g/mol. The third-order valence-electron chi connectivity index (χ3n) is 15.7. The van der Waals surface area contributed by atoms with E-state index >= 15 is 0 Å². The molecule has 6 heteroatoms. The van der Waals surface area contributed by atoms with Crippen LogP contribution < -0.4 is 40.2 Å². The number of ether oxygens (including phenoxy) is 1. The average molecular weight is 1040 g/mol. The van der Waals surface area contributed by atoms with E-state index in [9.17, 15) is 5.48 Å². The highest BCUT2D eigenvalue weighted by Gasteiger charge is 2.55. The molecule has 9 aromatic carbocycles. The molecule has 0 saturated carbocycles. The maximum atomic E-state index is 9.33. The summed E-state index contributed by atoms with van der Waals surface area (Å²) in [6, 6.07) is 63.7. The zero-order valence-corrected chi connectivity index (χ0v) is 46.5. The van der Waals surface area contributed by atoms with Gasteiger partial charge in [-0.05, 0) is 131 Å². The van der Waals surface area contributed by atoms with Crippen LogP contribution >= 0.6 is 0 Å². The van der Waals surface area contributed by atoms with Crippen LogP contribution in [0.5, 0.6) is 11.5 Å². The Morgan fingerprint density at radius 2 is 1.18 bits per heavy atom. The molecule has 0 spiro atoms. The molecule has 4 heterocycles. The summed E-state index contributed by atoms with van der Waals surface area (Å²) in [6.45, 7) is 17.4. The summed E-state index contributed by atoms with van der Waals surface area (Å²) >= 11 is 0.